The van der Waals surface area contributed by atoms with Gasteiger partial charge in [0, 0.05) is 11.6 Å². The average molecular weight is 362 g/mol. The molecule has 0 atom stereocenters. The molecule has 1 rings (SSSR count). The van der Waals surface area contributed by atoms with Crippen LogP contribution in [0.3, 0.4) is 0 Å². The third kappa shape index (κ3) is 6.47. The molecular weight excluding hydrogens is 326 g/mol. The third-order valence-electron chi connectivity index (χ3n) is 4.50. The van der Waals surface area contributed by atoms with Gasteiger partial charge in [0.15, 0.2) is 0 Å². The molecular formula is C22H35NO3. The normalized spacial score (nSPS) is 11.3. The number of ether oxygens (including phenoxy) is 1. The van der Waals surface area contributed by atoms with Crippen molar-refractivity contribution in [2.45, 2.75) is 79.2 Å². The molecule has 1 aromatic carbocycles. The molecule has 1 aromatic rings. The Morgan fingerprint density at radius 1 is 0.962 bits per heavy atom. The highest BCUT2D eigenvalue weighted by Crippen LogP contribution is 2.24. The van der Waals surface area contributed by atoms with Crippen LogP contribution in [0.2, 0.25) is 0 Å². The molecule has 0 aliphatic carbocycles. The maximum Gasteiger partial charge on any atom is 0.325 e. The van der Waals surface area contributed by atoms with E-state index in [4.69, 9.17) is 4.74 Å². The zero-order chi connectivity index (χ0) is 19.9. The molecule has 0 unspecified atom stereocenters. The van der Waals surface area contributed by atoms with Gasteiger partial charge in [-0.1, -0.05) is 47.1 Å². The summed E-state index contributed by atoms with van der Waals surface area (Å²) in [7, 11) is 0. The van der Waals surface area contributed by atoms with Crippen molar-refractivity contribution >= 4 is 11.9 Å². The predicted octanol–water partition coefficient (Wildman–Crippen LogP) is 5.13. The highest BCUT2D eigenvalue weighted by atomic mass is 16.5. The zero-order valence-electron chi connectivity index (χ0n) is 17.5. The van der Waals surface area contributed by atoms with Gasteiger partial charge in [0.2, 0.25) is 0 Å². The standard InChI is InChI=1S/C22H35NO3/c1-8-9-10-26-21(24)14-23(17(6)7)22(25)20-12-18(15(2)3)11-19(13-20)16(4)5/h11-13,15-17H,8-10,14H2,1-7H3. The molecule has 0 fully saturated rings. The van der Waals surface area contributed by atoms with Gasteiger partial charge in [-0.15, -0.1) is 0 Å². The van der Waals surface area contributed by atoms with E-state index in [9.17, 15) is 9.59 Å². The first-order chi connectivity index (χ1) is 12.2. The minimum atomic E-state index is -0.343. The van der Waals surface area contributed by atoms with Crippen LogP contribution in [0.5, 0.6) is 0 Å². The lowest BCUT2D eigenvalue weighted by Crippen LogP contribution is -2.41. The Morgan fingerprint density at radius 2 is 1.50 bits per heavy atom. The average Bonchev–Trinajstić information content (AvgIpc) is 2.58. The van der Waals surface area contributed by atoms with Gasteiger partial charge in [0.1, 0.15) is 6.54 Å². The SMILES string of the molecule is CCCCOC(=O)CN(C(=O)c1cc(C(C)C)cc(C(C)C)c1)C(C)C. The van der Waals surface area contributed by atoms with Crippen molar-refractivity contribution in [1.29, 1.82) is 0 Å². The van der Waals surface area contributed by atoms with Crippen LogP contribution in [-0.2, 0) is 9.53 Å². The number of hydrogen-bond donors (Lipinski definition) is 0. The number of unbranched alkanes of at least 4 members (excludes halogenated alkanes) is 1. The molecule has 0 bridgehead atoms. The topological polar surface area (TPSA) is 46.6 Å². The maximum atomic E-state index is 13.1. The number of carbonyl (C=O) groups excluding carboxylic acids is 2. The van der Waals surface area contributed by atoms with E-state index in [-0.39, 0.29) is 24.5 Å². The van der Waals surface area contributed by atoms with Gasteiger partial charge in [-0.05, 0) is 55.4 Å². The van der Waals surface area contributed by atoms with Crippen molar-refractivity contribution in [2.75, 3.05) is 13.2 Å². The fraction of sp³-hybridized carbons (Fsp3) is 0.636. The highest BCUT2D eigenvalue weighted by Gasteiger charge is 2.23. The Morgan fingerprint density at radius 3 is 1.92 bits per heavy atom. The highest BCUT2D eigenvalue weighted by molar-refractivity contribution is 5.96. The quantitative estimate of drug-likeness (QED) is 0.452. The van der Waals surface area contributed by atoms with Crippen molar-refractivity contribution in [3.8, 4) is 0 Å². The van der Waals surface area contributed by atoms with Crippen LogP contribution >= 0.6 is 0 Å². The minimum Gasteiger partial charge on any atom is -0.464 e. The molecule has 0 N–H and O–H groups in total. The second kappa shape index (κ2) is 10.3. The Hall–Kier alpha value is -1.84. The second-order valence-corrected chi connectivity index (χ2v) is 7.80. The summed E-state index contributed by atoms with van der Waals surface area (Å²) in [6.45, 7) is 14.8. The molecule has 4 nitrogen and oxygen atoms in total. The van der Waals surface area contributed by atoms with Gasteiger partial charge >= 0.3 is 5.97 Å². The van der Waals surface area contributed by atoms with Gasteiger partial charge in [-0.3, -0.25) is 9.59 Å². The van der Waals surface area contributed by atoms with Gasteiger partial charge in [0.25, 0.3) is 5.91 Å². The Balaban J connectivity index is 3.06. The van der Waals surface area contributed by atoms with Crippen molar-refractivity contribution in [1.82, 2.24) is 4.90 Å². The van der Waals surface area contributed by atoms with E-state index < -0.39 is 0 Å². The largest absolute Gasteiger partial charge is 0.464 e. The monoisotopic (exact) mass is 361 g/mol. The fourth-order valence-corrected chi connectivity index (χ4v) is 2.64. The molecule has 0 aromatic heterocycles. The van der Waals surface area contributed by atoms with Crippen molar-refractivity contribution in [3.63, 3.8) is 0 Å². The van der Waals surface area contributed by atoms with Crippen LogP contribution in [0.1, 0.15) is 94.6 Å². The van der Waals surface area contributed by atoms with E-state index in [0.29, 0.717) is 24.0 Å². The second-order valence-electron chi connectivity index (χ2n) is 7.80. The van der Waals surface area contributed by atoms with E-state index in [1.807, 2.05) is 32.9 Å². The summed E-state index contributed by atoms with van der Waals surface area (Å²) in [5.41, 5.74) is 2.94. The Labute approximate surface area is 158 Å². The minimum absolute atomic E-state index is 0.0108. The van der Waals surface area contributed by atoms with E-state index in [2.05, 4.69) is 33.8 Å². The first-order valence-electron chi connectivity index (χ1n) is 9.78. The number of esters is 1. The number of hydrogen-bond acceptors (Lipinski definition) is 3. The van der Waals surface area contributed by atoms with Gasteiger partial charge in [-0.2, -0.15) is 0 Å². The number of carbonyl (C=O) groups is 2. The molecule has 26 heavy (non-hydrogen) atoms. The van der Waals surface area contributed by atoms with Gasteiger partial charge in [-0.25, -0.2) is 0 Å². The summed E-state index contributed by atoms with van der Waals surface area (Å²) in [4.78, 5) is 26.8. The number of rotatable bonds is 9. The van der Waals surface area contributed by atoms with Gasteiger partial charge in [0.05, 0.1) is 6.61 Å². The molecule has 0 heterocycles. The van der Waals surface area contributed by atoms with E-state index >= 15 is 0 Å². The molecule has 0 aliphatic rings. The molecule has 0 aliphatic heterocycles. The fourth-order valence-electron chi connectivity index (χ4n) is 2.64. The lowest BCUT2D eigenvalue weighted by atomic mass is 9.92. The summed E-state index contributed by atoms with van der Waals surface area (Å²) in [5, 5.41) is 0. The van der Waals surface area contributed by atoms with Crippen LogP contribution in [0.25, 0.3) is 0 Å². The summed E-state index contributed by atoms with van der Waals surface area (Å²) in [5.74, 6) is 0.222. The van der Waals surface area contributed by atoms with E-state index in [1.54, 1.807) is 4.90 Å². The van der Waals surface area contributed by atoms with Crippen LogP contribution in [0.15, 0.2) is 18.2 Å². The molecule has 1 amide bonds. The molecule has 0 radical (unpaired) electrons. The molecule has 146 valence electrons. The smallest absolute Gasteiger partial charge is 0.325 e. The summed E-state index contributed by atoms with van der Waals surface area (Å²) < 4.78 is 5.24. The number of amides is 1. The molecule has 4 heteroatoms. The zero-order valence-corrected chi connectivity index (χ0v) is 17.5. The number of benzene rings is 1. The lowest BCUT2D eigenvalue weighted by molar-refractivity contribution is -0.144. The van der Waals surface area contributed by atoms with Crippen LogP contribution < -0.4 is 0 Å². The van der Waals surface area contributed by atoms with Crippen LogP contribution in [0, 0.1) is 0 Å². The van der Waals surface area contributed by atoms with Crippen molar-refractivity contribution in [3.05, 3.63) is 34.9 Å². The lowest BCUT2D eigenvalue weighted by Gasteiger charge is -2.26. The summed E-state index contributed by atoms with van der Waals surface area (Å²) in [6.07, 6.45) is 1.82. The van der Waals surface area contributed by atoms with Crippen LogP contribution in [0.4, 0.5) is 0 Å². The summed E-state index contributed by atoms with van der Waals surface area (Å²) in [6, 6.07) is 6.00. The first kappa shape index (κ1) is 22.2. The van der Waals surface area contributed by atoms with E-state index in [0.717, 1.165) is 24.0 Å². The maximum absolute atomic E-state index is 13.1. The molecule has 0 saturated carbocycles. The van der Waals surface area contributed by atoms with Crippen LogP contribution in [-0.4, -0.2) is 36.0 Å². The molecule has 0 spiro atoms. The van der Waals surface area contributed by atoms with E-state index in [1.165, 1.54) is 0 Å². The van der Waals surface area contributed by atoms with Crippen molar-refractivity contribution < 1.29 is 14.3 Å². The van der Waals surface area contributed by atoms with Gasteiger partial charge < -0.3 is 9.64 Å². The Bertz CT molecular complexity index is 579. The Kier molecular flexibility index (Phi) is 8.83. The van der Waals surface area contributed by atoms with Crippen molar-refractivity contribution in [2.24, 2.45) is 0 Å². The molecule has 0 saturated heterocycles. The third-order valence-corrected chi connectivity index (χ3v) is 4.50. The number of nitrogens with zero attached hydrogens (tertiary/aromatic N) is 1. The predicted molar refractivity (Wildman–Crippen MR) is 107 cm³/mol. The summed E-state index contributed by atoms with van der Waals surface area (Å²) >= 11 is 0. The first-order valence-corrected chi connectivity index (χ1v) is 9.78.